The van der Waals surface area contributed by atoms with E-state index >= 15 is 0 Å². The molecule has 3 rings (SSSR count). The highest BCUT2D eigenvalue weighted by atomic mass is 16.2. The van der Waals surface area contributed by atoms with Crippen LogP contribution in [0.25, 0.3) is 11.0 Å². The maximum absolute atomic E-state index is 12.3. The average Bonchev–Trinajstić information content (AvgIpc) is 2.88. The van der Waals surface area contributed by atoms with Gasteiger partial charge in [0.2, 0.25) is 0 Å². The number of fused-ring (bicyclic) bond motifs is 1. The number of benzene rings is 1. The Morgan fingerprint density at radius 2 is 2.13 bits per heavy atom. The standard InChI is InChI=1S/C18H24N4O/c1-4-22-13(3)19-16-11-14(7-10-17(16)22)18(23)21-20-15-8-5-12(2)6-9-15/h7,10-12H,4-6,8-9H2,1-3H3,(H,21,23). The molecule has 1 aromatic heterocycles. The van der Waals surface area contributed by atoms with Gasteiger partial charge in [-0.25, -0.2) is 10.4 Å². The van der Waals surface area contributed by atoms with Gasteiger partial charge in [0, 0.05) is 17.8 Å². The van der Waals surface area contributed by atoms with Crippen molar-refractivity contribution in [3.8, 4) is 0 Å². The number of aryl methyl sites for hydroxylation is 2. The Morgan fingerprint density at radius 3 is 2.83 bits per heavy atom. The highest BCUT2D eigenvalue weighted by molar-refractivity contribution is 5.98. The van der Waals surface area contributed by atoms with Gasteiger partial charge in [0.05, 0.1) is 11.0 Å². The Hall–Kier alpha value is -2.17. The monoisotopic (exact) mass is 312 g/mol. The van der Waals surface area contributed by atoms with Gasteiger partial charge in [0.25, 0.3) is 5.91 Å². The second-order valence-electron chi connectivity index (χ2n) is 6.41. The Labute approximate surface area is 136 Å². The Bertz CT molecular complexity index is 750. The van der Waals surface area contributed by atoms with Crippen molar-refractivity contribution in [1.82, 2.24) is 15.0 Å². The summed E-state index contributed by atoms with van der Waals surface area (Å²) >= 11 is 0. The summed E-state index contributed by atoms with van der Waals surface area (Å²) in [5, 5.41) is 4.30. The van der Waals surface area contributed by atoms with Gasteiger partial charge in [0.1, 0.15) is 5.82 Å². The lowest BCUT2D eigenvalue weighted by Gasteiger charge is -2.18. The van der Waals surface area contributed by atoms with E-state index in [1.807, 2.05) is 25.1 Å². The fourth-order valence-corrected chi connectivity index (χ4v) is 3.19. The lowest BCUT2D eigenvalue weighted by Crippen LogP contribution is -2.21. The lowest BCUT2D eigenvalue weighted by molar-refractivity contribution is 0.0954. The third kappa shape index (κ3) is 3.28. The van der Waals surface area contributed by atoms with Crippen LogP contribution in [0.1, 0.15) is 55.7 Å². The average molecular weight is 312 g/mol. The molecular formula is C18H24N4O. The molecule has 1 fully saturated rings. The maximum atomic E-state index is 12.3. The molecule has 1 N–H and O–H groups in total. The van der Waals surface area contributed by atoms with Gasteiger partial charge < -0.3 is 4.57 Å². The van der Waals surface area contributed by atoms with E-state index in [-0.39, 0.29) is 5.91 Å². The molecule has 0 bridgehead atoms. The molecule has 0 atom stereocenters. The van der Waals surface area contributed by atoms with Gasteiger partial charge >= 0.3 is 0 Å². The zero-order valence-corrected chi connectivity index (χ0v) is 14.1. The van der Waals surface area contributed by atoms with Crippen molar-refractivity contribution in [2.45, 2.75) is 53.0 Å². The van der Waals surface area contributed by atoms with E-state index in [1.165, 1.54) is 0 Å². The molecule has 23 heavy (non-hydrogen) atoms. The molecule has 0 radical (unpaired) electrons. The van der Waals surface area contributed by atoms with Gasteiger partial charge in [-0.15, -0.1) is 0 Å². The van der Waals surface area contributed by atoms with Crippen LogP contribution in [0.15, 0.2) is 23.3 Å². The number of nitrogens with one attached hydrogen (secondary N) is 1. The van der Waals surface area contributed by atoms with Crippen molar-refractivity contribution in [2.24, 2.45) is 11.0 Å². The molecule has 0 spiro atoms. The number of imidazole rings is 1. The van der Waals surface area contributed by atoms with E-state index in [9.17, 15) is 4.79 Å². The number of carbonyl (C=O) groups excluding carboxylic acids is 1. The Morgan fingerprint density at radius 1 is 1.39 bits per heavy atom. The van der Waals surface area contributed by atoms with Gasteiger partial charge in [-0.2, -0.15) is 5.10 Å². The topological polar surface area (TPSA) is 59.3 Å². The number of hydrogen-bond acceptors (Lipinski definition) is 3. The predicted molar refractivity (Wildman–Crippen MR) is 92.7 cm³/mol. The Kier molecular flexibility index (Phi) is 4.46. The first kappa shape index (κ1) is 15.7. The summed E-state index contributed by atoms with van der Waals surface area (Å²) in [5.74, 6) is 1.57. The lowest BCUT2D eigenvalue weighted by atomic mass is 9.90. The number of aromatic nitrogens is 2. The normalized spacial score (nSPS) is 18.2. The molecular weight excluding hydrogens is 288 g/mol. The van der Waals surface area contributed by atoms with Crippen LogP contribution >= 0.6 is 0 Å². The SMILES string of the molecule is CCn1c(C)nc2cc(C(=O)NN=C3CCC(C)CC3)ccc21. The van der Waals surface area contributed by atoms with Crippen LogP contribution < -0.4 is 5.43 Å². The number of nitrogens with zero attached hydrogens (tertiary/aromatic N) is 3. The molecule has 1 aliphatic carbocycles. The van der Waals surface area contributed by atoms with Crippen molar-refractivity contribution in [3.05, 3.63) is 29.6 Å². The minimum atomic E-state index is -0.165. The molecule has 2 aromatic rings. The number of rotatable bonds is 3. The molecule has 5 heteroatoms. The number of amides is 1. The van der Waals surface area contributed by atoms with E-state index in [0.717, 1.165) is 60.7 Å². The van der Waals surface area contributed by atoms with Crippen LogP contribution in [0.3, 0.4) is 0 Å². The van der Waals surface area contributed by atoms with Gasteiger partial charge in [-0.3, -0.25) is 4.79 Å². The largest absolute Gasteiger partial charge is 0.329 e. The zero-order valence-electron chi connectivity index (χ0n) is 14.1. The van der Waals surface area contributed by atoms with E-state index in [1.54, 1.807) is 0 Å². The maximum Gasteiger partial charge on any atom is 0.271 e. The van der Waals surface area contributed by atoms with E-state index in [4.69, 9.17) is 0 Å². The van der Waals surface area contributed by atoms with Crippen molar-refractivity contribution in [1.29, 1.82) is 0 Å². The first-order valence-electron chi connectivity index (χ1n) is 8.41. The van der Waals surface area contributed by atoms with Crippen LogP contribution in [-0.2, 0) is 6.54 Å². The number of hydrazone groups is 1. The molecule has 122 valence electrons. The smallest absolute Gasteiger partial charge is 0.271 e. The van der Waals surface area contributed by atoms with E-state index < -0.39 is 0 Å². The number of carbonyl (C=O) groups is 1. The van der Waals surface area contributed by atoms with Crippen LogP contribution in [0.2, 0.25) is 0 Å². The van der Waals surface area contributed by atoms with Crippen LogP contribution in [0.5, 0.6) is 0 Å². The summed E-state index contributed by atoms with van der Waals surface area (Å²) in [5.41, 5.74) is 6.32. The highest BCUT2D eigenvalue weighted by Crippen LogP contribution is 2.21. The summed E-state index contributed by atoms with van der Waals surface area (Å²) in [6, 6.07) is 5.64. The van der Waals surface area contributed by atoms with Gasteiger partial charge in [-0.1, -0.05) is 6.92 Å². The first-order chi connectivity index (χ1) is 11.1. The third-order valence-corrected chi connectivity index (χ3v) is 4.68. The number of hydrogen-bond donors (Lipinski definition) is 1. The first-order valence-corrected chi connectivity index (χ1v) is 8.41. The summed E-state index contributed by atoms with van der Waals surface area (Å²) in [7, 11) is 0. The van der Waals surface area contributed by atoms with E-state index in [0.29, 0.717) is 5.56 Å². The summed E-state index contributed by atoms with van der Waals surface area (Å²) in [6.07, 6.45) is 4.30. The van der Waals surface area contributed by atoms with Crippen molar-refractivity contribution in [3.63, 3.8) is 0 Å². The van der Waals surface area contributed by atoms with Crippen LogP contribution in [0.4, 0.5) is 0 Å². The van der Waals surface area contributed by atoms with Crippen LogP contribution in [0, 0.1) is 12.8 Å². The van der Waals surface area contributed by atoms with Gasteiger partial charge in [0.15, 0.2) is 0 Å². The molecule has 0 aliphatic heterocycles. The molecule has 1 amide bonds. The quantitative estimate of drug-likeness (QED) is 0.879. The van der Waals surface area contributed by atoms with Gasteiger partial charge in [-0.05, 0) is 63.6 Å². The minimum Gasteiger partial charge on any atom is -0.329 e. The molecule has 0 saturated heterocycles. The summed E-state index contributed by atoms with van der Waals surface area (Å²) < 4.78 is 2.14. The predicted octanol–water partition coefficient (Wildman–Crippen LogP) is 3.66. The fraction of sp³-hybridized carbons (Fsp3) is 0.500. The third-order valence-electron chi connectivity index (χ3n) is 4.68. The zero-order chi connectivity index (χ0) is 16.4. The molecule has 5 nitrogen and oxygen atoms in total. The summed E-state index contributed by atoms with van der Waals surface area (Å²) in [4.78, 5) is 16.8. The minimum absolute atomic E-state index is 0.165. The fourth-order valence-electron chi connectivity index (χ4n) is 3.19. The van der Waals surface area contributed by atoms with Crippen molar-refractivity contribution >= 4 is 22.7 Å². The van der Waals surface area contributed by atoms with Crippen molar-refractivity contribution < 1.29 is 4.79 Å². The second-order valence-corrected chi connectivity index (χ2v) is 6.41. The Balaban J connectivity index is 1.75. The van der Waals surface area contributed by atoms with Crippen molar-refractivity contribution in [2.75, 3.05) is 0 Å². The second kappa shape index (κ2) is 6.52. The molecule has 1 saturated carbocycles. The van der Waals surface area contributed by atoms with Crippen LogP contribution in [-0.4, -0.2) is 21.2 Å². The van der Waals surface area contributed by atoms with E-state index in [2.05, 4.69) is 33.9 Å². The molecule has 1 aliphatic rings. The molecule has 0 unspecified atom stereocenters. The summed E-state index contributed by atoms with van der Waals surface area (Å²) in [6.45, 7) is 7.22. The molecule has 1 heterocycles. The molecule has 1 aromatic carbocycles. The highest BCUT2D eigenvalue weighted by Gasteiger charge is 2.14.